The first kappa shape index (κ1) is 18.8. The number of nitro groups is 1. The first-order chi connectivity index (χ1) is 13.5. The third-order valence-electron chi connectivity index (χ3n) is 4.07. The summed E-state index contributed by atoms with van der Waals surface area (Å²) in [6.07, 6.45) is 1.59. The number of nitrogens with zero attached hydrogens (tertiary/aromatic N) is 2. The number of nitrogens with one attached hydrogen (secondary N) is 1. The van der Waals surface area contributed by atoms with Gasteiger partial charge < -0.3 is 14.6 Å². The number of hydrogen-bond donors (Lipinski definition) is 1. The van der Waals surface area contributed by atoms with Crippen molar-refractivity contribution < 1.29 is 14.5 Å². The molecule has 0 spiro atoms. The van der Waals surface area contributed by atoms with Gasteiger partial charge in [-0.05, 0) is 35.9 Å². The Morgan fingerprint density at radius 3 is 2.68 bits per heavy atom. The summed E-state index contributed by atoms with van der Waals surface area (Å²) in [6.45, 7) is 0.272. The third-order valence-corrected chi connectivity index (χ3v) is 4.07. The Hall–Kier alpha value is -3.94. The van der Waals surface area contributed by atoms with Crippen molar-refractivity contribution in [2.45, 2.75) is 6.54 Å². The molecule has 3 rings (SSSR count). The average molecular weight is 379 g/mol. The largest absolute Gasteiger partial charge is 0.497 e. The summed E-state index contributed by atoms with van der Waals surface area (Å²) in [5.41, 5.74) is 0.408. The third kappa shape index (κ3) is 4.24. The topological polar surface area (TPSA) is 103 Å². The highest BCUT2D eigenvalue weighted by Crippen LogP contribution is 2.17. The minimum atomic E-state index is -0.634. The minimum Gasteiger partial charge on any atom is -0.497 e. The zero-order valence-electron chi connectivity index (χ0n) is 15.0. The molecule has 8 nitrogen and oxygen atoms in total. The summed E-state index contributed by atoms with van der Waals surface area (Å²) in [5.74, 6) is 0.0376. The second-order valence-corrected chi connectivity index (χ2v) is 5.97. The number of non-ortho nitro benzene ring substituents is 1. The molecule has 0 aliphatic heterocycles. The number of rotatable bonds is 6. The van der Waals surface area contributed by atoms with Crippen molar-refractivity contribution >= 4 is 17.3 Å². The second-order valence-electron chi connectivity index (χ2n) is 5.97. The number of amides is 1. The Kier molecular flexibility index (Phi) is 5.50. The summed E-state index contributed by atoms with van der Waals surface area (Å²) in [5, 5.41) is 13.4. The Morgan fingerprint density at radius 1 is 1.14 bits per heavy atom. The molecule has 1 N–H and O–H groups in total. The van der Waals surface area contributed by atoms with Crippen LogP contribution in [0.2, 0.25) is 0 Å². The number of aromatic nitrogens is 1. The molecule has 3 aromatic rings. The molecule has 0 unspecified atom stereocenters. The minimum absolute atomic E-state index is 0.0584. The van der Waals surface area contributed by atoms with E-state index >= 15 is 0 Å². The van der Waals surface area contributed by atoms with Gasteiger partial charge in [0.05, 0.1) is 18.6 Å². The van der Waals surface area contributed by atoms with E-state index in [-0.39, 0.29) is 23.5 Å². The molecule has 28 heavy (non-hydrogen) atoms. The zero-order chi connectivity index (χ0) is 20.1. The van der Waals surface area contributed by atoms with Crippen LogP contribution in [0.5, 0.6) is 5.75 Å². The lowest BCUT2D eigenvalue weighted by Crippen LogP contribution is -2.29. The van der Waals surface area contributed by atoms with Crippen molar-refractivity contribution in [3.63, 3.8) is 0 Å². The molecule has 1 amide bonds. The average Bonchev–Trinajstić information content (AvgIpc) is 2.70. The van der Waals surface area contributed by atoms with Gasteiger partial charge in [-0.3, -0.25) is 19.7 Å². The monoisotopic (exact) mass is 379 g/mol. The predicted octanol–water partition coefficient (Wildman–Crippen LogP) is 3.07. The maximum atomic E-state index is 12.7. The van der Waals surface area contributed by atoms with E-state index in [1.807, 2.05) is 18.2 Å². The normalized spacial score (nSPS) is 10.3. The van der Waals surface area contributed by atoms with Gasteiger partial charge in [0.25, 0.3) is 17.2 Å². The highest BCUT2D eigenvalue weighted by Gasteiger charge is 2.14. The van der Waals surface area contributed by atoms with Crippen LogP contribution in [-0.4, -0.2) is 22.5 Å². The van der Waals surface area contributed by atoms with Crippen LogP contribution in [0.25, 0.3) is 0 Å². The molecule has 0 saturated carbocycles. The maximum Gasteiger partial charge on any atom is 0.271 e. The van der Waals surface area contributed by atoms with Crippen LogP contribution in [0.4, 0.5) is 11.4 Å². The number of ether oxygens (including phenoxy) is 1. The number of methoxy groups -OCH3 is 1. The molecule has 0 aliphatic rings. The van der Waals surface area contributed by atoms with Gasteiger partial charge in [0.1, 0.15) is 11.3 Å². The van der Waals surface area contributed by atoms with E-state index < -0.39 is 16.4 Å². The fraction of sp³-hybridized carbons (Fsp3) is 0.100. The molecule has 2 aromatic carbocycles. The molecule has 0 saturated heterocycles. The number of pyridine rings is 1. The van der Waals surface area contributed by atoms with Crippen LogP contribution in [0.1, 0.15) is 15.9 Å². The van der Waals surface area contributed by atoms with Crippen molar-refractivity contribution in [3.8, 4) is 5.75 Å². The molecule has 0 bridgehead atoms. The van der Waals surface area contributed by atoms with E-state index in [9.17, 15) is 19.7 Å². The molecule has 1 aromatic heterocycles. The fourth-order valence-corrected chi connectivity index (χ4v) is 2.70. The van der Waals surface area contributed by atoms with Crippen molar-refractivity contribution in [1.29, 1.82) is 0 Å². The van der Waals surface area contributed by atoms with Crippen molar-refractivity contribution in [1.82, 2.24) is 4.57 Å². The molecule has 0 aliphatic carbocycles. The molecule has 142 valence electrons. The van der Waals surface area contributed by atoms with E-state index in [0.29, 0.717) is 5.75 Å². The van der Waals surface area contributed by atoms with Crippen LogP contribution >= 0.6 is 0 Å². The van der Waals surface area contributed by atoms with E-state index in [1.54, 1.807) is 25.4 Å². The number of carbonyl (C=O) groups is 1. The van der Waals surface area contributed by atoms with Crippen LogP contribution in [-0.2, 0) is 6.54 Å². The predicted molar refractivity (Wildman–Crippen MR) is 104 cm³/mol. The lowest BCUT2D eigenvalue weighted by Gasteiger charge is -2.10. The van der Waals surface area contributed by atoms with Crippen LogP contribution in [0.3, 0.4) is 0 Å². The van der Waals surface area contributed by atoms with Gasteiger partial charge in [0, 0.05) is 24.0 Å². The summed E-state index contributed by atoms with van der Waals surface area (Å²) in [4.78, 5) is 35.5. The Labute approximate surface area is 160 Å². The van der Waals surface area contributed by atoms with Crippen molar-refractivity contribution in [2.24, 2.45) is 0 Å². The Morgan fingerprint density at radius 2 is 1.93 bits per heavy atom. The van der Waals surface area contributed by atoms with E-state index in [0.717, 1.165) is 5.56 Å². The van der Waals surface area contributed by atoms with Crippen molar-refractivity contribution in [2.75, 3.05) is 12.4 Å². The molecule has 0 radical (unpaired) electrons. The first-order valence-electron chi connectivity index (χ1n) is 8.36. The van der Waals surface area contributed by atoms with Crippen LogP contribution in [0, 0.1) is 10.1 Å². The number of nitro benzene ring substituents is 1. The van der Waals surface area contributed by atoms with Gasteiger partial charge in [0.15, 0.2) is 0 Å². The molecule has 0 atom stereocenters. The molecule has 0 fully saturated rings. The van der Waals surface area contributed by atoms with Crippen LogP contribution < -0.4 is 15.6 Å². The van der Waals surface area contributed by atoms with Gasteiger partial charge in [0.2, 0.25) is 0 Å². The quantitative estimate of drug-likeness (QED) is 0.524. The van der Waals surface area contributed by atoms with Gasteiger partial charge in [-0.25, -0.2) is 0 Å². The number of anilines is 1. The van der Waals surface area contributed by atoms with Gasteiger partial charge in [-0.1, -0.05) is 18.2 Å². The highest BCUT2D eigenvalue weighted by atomic mass is 16.6. The van der Waals surface area contributed by atoms with E-state index in [2.05, 4.69) is 5.32 Å². The number of benzene rings is 2. The number of hydrogen-bond acceptors (Lipinski definition) is 5. The van der Waals surface area contributed by atoms with Gasteiger partial charge >= 0.3 is 0 Å². The second kappa shape index (κ2) is 8.17. The summed E-state index contributed by atoms with van der Waals surface area (Å²) in [7, 11) is 1.56. The summed E-state index contributed by atoms with van der Waals surface area (Å²) in [6, 6.07) is 15.8. The highest BCUT2D eigenvalue weighted by molar-refractivity contribution is 6.04. The SMILES string of the molecule is COc1cccc(Cn2cccc(C(=O)Nc3cccc([N+](=O)[O-])c3)c2=O)c1. The molecule has 1 heterocycles. The lowest BCUT2D eigenvalue weighted by molar-refractivity contribution is -0.384. The van der Waals surface area contributed by atoms with E-state index in [1.165, 1.54) is 34.9 Å². The van der Waals surface area contributed by atoms with Gasteiger partial charge in [-0.2, -0.15) is 0 Å². The van der Waals surface area contributed by atoms with E-state index in [4.69, 9.17) is 4.74 Å². The van der Waals surface area contributed by atoms with Gasteiger partial charge in [-0.15, -0.1) is 0 Å². The summed E-state index contributed by atoms with van der Waals surface area (Å²) < 4.78 is 6.59. The zero-order valence-corrected chi connectivity index (χ0v) is 15.0. The fourth-order valence-electron chi connectivity index (χ4n) is 2.70. The van der Waals surface area contributed by atoms with Crippen LogP contribution in [0.15, 0.2) is 71.7 Å². The van der Waals surface area contributed by atoms with Crippen molar-refractivity contribution in [3.05, 3.63) is 98.5 Å². The number of carbonyl (C=O) groups excluding carboxylic acids is 1. The summed E-state index contributed by atoms with van der Waals surface area (Å²) >= 11 is 0. The molecular weight excluding hydrogens is 362 g/mol. The maximum absolute atomic E-state index is 12.7. The Bertz CT molecular complexity index is 1090. The molecular formula is C20H17N3O5. The smallest absolute Gasteiger partial charge is 0.271 e. The Balaban J connectivity index is 1.84. The standard InChI is InChI=1S/C20H17N3O5/c1-28-17-8-2-5-14(11-17)13-22-10-4-9-18(20(22)25)19(24)21-15-6-3-7-16(12-15)23(26)27/h2-12H,13H2,1H3,(H,21,24). The lowest BCUT2D eigenvalue weighted by atomic mass is 10.2. The first-order valence-corrected chi connectivity index (χ1v) is 8.36. The molecule has 8 heteroatoms.